The monoisotopic (exact) mass is 406 g/mol. The second-order valence-corrected chi connectivity index (χ2v) is 6.40. The number of rotatable bonds is 7. The Labute approximate surface area is 169 Å². The van der Waals surface area contributed by atoms with Gasteiger partial charge in [0.1, 0.15) is 5.82 Å². The highest BCUT2D eigenvalue weighted by molar-refractivity contribution is 5.98. The molecule has 0 spiro atoms. The Hall–Kier alpha value is -2.64. The number of hydrogen-bond acceptors (Lipinski definition) is 3. The molecular formula is C20H24ClFN4O2. The quantitative estimate of drug-likeness (QED) is 0.742. The molecule has 0 aliphatic carbocycles. The molecule has 28 heavy (non-hydrogen) atoms. The Balaban J connectivity index is 0.00000280. The van der Waals surface area contributed by atoms with E-state index in [-0.39, 0.29) is 24.0 Å². The lowest BCUT2D eigenvalue weighted by Gasteiger charge is -2.24. The van der Waals surface area contributed by atoms with Gasteiger partial charge >= 0.3 is 6.03 Å². The first-order valence-corrected chi connectivity index (χ1v) is 8.98. The smallest absolute Gasteiger partial charge is 0.321 e. The van der Waals surface area contributed by atoms with Crippen LogP contribution < -0.4 is 16.0 Å². The van der Waals surface area contributed by atoms with Gasteiger partial charge in [-0.25, -0.2) is 9.18 Å². The largest absolute Gasteiger partial charge is 0.336 e. The number of halogens is 2. The number of carbonyl (C=O) groups is 2. The molecule has 1 aliphatic rings. The molecule has 0 radical (unpaired) electrons. The lowest BCUT2D eigenvalue weighted by atomic mass is 10.1. The molecule has 0 aromatic heterocycles. The fourth-order valence-corrected chi connectivity index (χ4v) is 3.07. The van der Waals surface area contributed by atoms with Gasteiger partial charge in [-0.05, 0) is 36.7 Å². The number of anilines is 1. The molecule has 0 bridgehead atoms. The third-order valence-electron chi connectivity index (χ3n) is 4.48. The van der Waals surface area contributed by atoms with Gasteiger partial charge in [-0.1, -0.05) is 30.3 Å². The first-order chi connectivity index (χ1) is 13.1. The van der Waals surface area contributed by atoms with Crippen LogP contribution in [0.3, 0.4) is 0 Å². The fourth-order valence-electron chi connectivity index (χ4n) is 3.07. The SMILES string of the molecule is Cl.NCCCN(Cc1ccccc1)C(=O)c1cc(N2CCNC2=O)ccc1F. The lowest BCUT2D eigenvalue weighted by Crippen LogP contribution is -2.33. The molecule has 1 fully saturated rings. The number of nitrogens with one attached hydrogen (secondary N) is 1. The molecule has 3 rings (SSSR count). The third kappa shape index (κ3) is 4.99. The molecule has 3 amide bonds. The zero-order chi connectivity index (χ0) is 19.2. The number of hydrogen-bond donors (Lipinski definition) is 2. The van der Waals surface area contributed by atoms with Gasteiger partial charge < -0.3 is 16.0 Å². The van der Waals surface area contributed by atoms with E-state index in [1.54, 1.807) is 4.90 Å². The number of urea groups is 1. The van der Waals surface area contributed by atoms with Gasteiger partial charge in [0, 0.05) is 31.9 Å². The summed E-state index contributed by atoms with van der Waals surface area (Å²) >= 11 is 0. The number of nitrogens with zero attached hydrogens (tertiary/aromatic N) is 2. The van der Waals surface area contributed by atoms with Crippen LogP contribution in [0.1, 0.15) is 22.3 Å². The van der Waals surface area contributed by atoms with E-state index in [1.165, 1.54) is 23.1 Å². The van der Waals surface area contributed by atoms with E-state index in [0.29, 0.717) is 44.8 Å². The number of carbonyl (C=O) groups excluding carboxylic acids is 2. The molecule has 6 nitrogen and oxygen atoms in total. The minimum Gasteiger partial charge on any atom is -0.336 e. The molecule has 1 aliphatic heterocycles. The average molecular weight is 407 g/mol. The highest BCUT2D eigenvalue weighted by Gasteiger charge is 2.25. The van der Waals surface area contributed by atoms with Crippen LogP contribution >= 0.6 is 12.4 Å². The van der Waals surface area contributed by atoms with Crippen molar-refractivity contribution in [2.24, 2.45) is 5.73 Å². The maximum absolute atomic E-state index is 14.4. The normalized spacial score (nSPS) is 13.1. The predicted molar refractivity (Wildman–Crippen MR) is 109 cm³/mol. The van der Waals surface area contributed by atoms with Gasteiger partial charge in [-0.3, -0.25) is 9.69 Å². The average Bonchev–Trinajstić information content (AvgIpc) is 3.12. The predicted octanol–water partition coefficient (Wildman–Crippen LogP) is 2.77. The third-order valence-corrected chi connectivity index (χ3v) is 4.48. The van der Waals surface area contributed by atoms with E-state index in [1.807, 2.05) is 30.3 Å². The Morgan fingerprint density at radius 2 is 1.96 bits per heavy atom. The summed E-state index contributed by atoms with van der Waals surface area (Å²) in [6, 6.07) is 13.5. The number of benzene rings is 2. The number of amides is 3. The van der Waals surface area contributed by atoms with Crippen LogP contribution in [0.5, 0.6) is 0 Å². The highest BCUT2D eigenvalue weighted by Crippen LogP contribution is 2.22. The molecular weight excluding hydrogens is 383 g/mol. The van der Waals surface area contributed by atoms with Crippen LogP contribution in [-0.4, -0.2) is 43.0 Å². The molecule has 0 atom stereocenters. The van der Waals surface area contributed by atoms with Crippen molar-refractivity contribution in [1.82, 2.24) is 10.2 Å². The van der Waals surface area contributed by atoms with Gasteiger partial charge in [0.2, 0.25) is 0 Å². The minimum absolute atomic E-state index is 0. The zero-order valence-corrected chi connectivity index (χ0v) is 16.3. The summed E-state index contributed by atoms with van der Waals surface area (Å²) in [4.78, 5) is 28.0. The van der Waals surface area contributed by atoms with Gasteiger partial charge in [-0.15, -0.1) is 12.4 Å². The molecule has 2 aromatic carbocycles. The summed E-state index contributed by atoms with van der Waals surface area (Å²) < 4.78 is 14.4. The molecule has 0 unspecified atom stereocenters. The van der Waals surface area contributed by atoms with Crippen molar-refractivity contribution >= 4 is 30.0 Å². The van der Waals surface area contributed by atoms with Gasteiger partial charge in [0.25, 0.3) is 5.91 Å². The topological polar surface area (TPSA) is 78.7 Å². The molecule has 3 N–H and O–H groups in total. The molecule has 1 heterocycles. The van der Waals surface area contributed by atoms with Crippen molar-refractivity contribution in [3.8, 4) is 0 Å². The maximum atomic E-state index is 14.4. The van der Waals surface area contributed by atoms with Crippen LogP contribution in [0.2, 0.25) is 0 Å². The summed E-state index contributed by atoms with van der Waals surface area (Å²) in [6.45, 7) is 2.25. The Morgan fingerprint density at radius 3 is 2.61 bits per heavy atom. The van der Waals surface area contributed by atoms with Crippen molar-refractivity contribution in [2.75, 3.05) is 31.1 Å². The molecule has 150 valence electrons. The highest BCUT2D eigenvalue weighted by atomic mass is 35.5. The first kappa shape index (κ1) is 21.7. The lowest BCUT2D eigenvalue weighted by molar-refractivity contribution is 0.0737. The first-order valence-electron chi connectivity index (χ1n) is 8.98. The molecule has 0 saturated carbocycles. The summed E-state index contributed by atoms with van der Waals surface area (Å²) in [5.41, 5.74) is 7.02. The van der Waals surface area contributed by atoms with Crippen LogP contribution in [0.15, 0.2) is 48.5 Å². The van der Waals surface area contributed by atoms with Crippen LogP contribution in [0.4, 0.5) is 14.9 Å². The van der Waals surface area contributed by atoms with E-state index in [9.17, 15) is 14.0 Å². The van der Waals surface area contributed by atoms with Crippen molar-refractivity contribution in [2.45, 2.75) is 13.0 Å². The standard InChI is InChI=1S/C20H23FN4O2.ClH/c21-18-8-7-16(25-12-10-23-20(25)27)13-17(18)19(26)24(11-4-9-22)14-15-5-2-1-3-6-15;/h1-3,5-8,13H,4,9-12,14,22H2,(H,23,27);1H. The summed E-state index contributed by atoms with van der Waals surface area (Å²) in [5, 5.41) is 2.70. The number of nitrogens with two attached hydrogens (primary N) is 1. The van der Waals surface area contributed by atoms with Crippen molar-refractivity contribution < 1.29 is 14.0 Å². The zero-order valence-electron chi connectivity index (χ0n) is 15.4. The summed E-state index contributed by atoms with van der Waals surface area (Å²) in [5.74, 6) is -1.01. The van der Waals surface area contributed by atoms with E-state index in [4.69, 9.17) is 5.73 Å². The van der Waals surface area contributed by atoms with E-state index in [0.717, 1.165) is 5.56 Å². The van der Waals surface area contributed by atoms with Gasteiger partial charge in [0.05, 0.1) is 5.56 Å². The van der Waals surface area contributed by atoms with Gasteiger partial charge in [0.15, 0.2) is 0 Å². The van der Waals surface area contributed by atoms with Crippen LogP contribution in [0.25, 0.3) is 0 Å². The Morgan fingerprint density at radius 1 is 1.21 bits per heavy atom. The van der Waals surface area contributed by atoms with E-state index >= 15 is 0 Å². The van der Waals surface area contributed by atoms with Crippen molar-refractivity contribution in [3.63, 3.8) is 0 Å². The van der Waals surface area contributed by atoms with Gasteiger partial charge in [-0.2, -0.15) is 0 Å². The Bertz CT molecular complexity index is 819. The van der Waals surface area contributed by atoms with Crippen LogP contribution in [-0.2, 0) is 6.54 Å². The molecule has 8 heteroatoms. The molecule has 2 aromatic rings. The minimum atomic E-state index is -0.603. The second kappa shape index (κ2) is 10.1. The summed E-state index contributed by atoms with van der Waals surface area (Å²) in [6.07, 6.45) is 0.619. The Kier molecular flexibility index (Phi) is 7.78. The van der Waals surface area contributed by atoms with Crippen molar-refractivity contribution in [1.29, 1.82) is 0 Å². The maximum Gasteiger partial charge on any atom is 0.321 e. The van der Waals surface area contributed by atoms with E-state index in [2.05, 4.69) is 5.32 Å². The second-order valence-electron chi connectivity index (χ2n) is 6.40. The van der Waals surface area contributed by atoms with E-state index < -0.39 is 11.7 Å². The van der Waals surface area contributed by atoms with Crippen molar-refractivity contribution in [3.05, 3.63) is 65.5 Å². The fraction of sp³-hybridized carbons (Fsp3) is 0.300. The van der Waals surface area contributed by atoms with Crippen LogP contribution in [0, 0.1) is 5.82 Å². The molecule has 1 saturated heterocycles. The summed E-state index contributed by atoms with van der Waals surface area (Å²) in [7, 11) is 0.